The summed E-state index contributed by atoms with van der Waals surface area (Å²) in [6.07, 6.45) is 2.03. The summed E-state index contributed by atoms with van der Waals surface area (Å²) in [4.78, 5) is 4.49. The summed E-state index contributed by atoms with van der Waals surface area (Å²) in [6, 6.07) is 0.254. The largest absolute Gasteiger partial charge is 0.383 e. The van der Waals surface area contributed by atoms with E-state index < -0.39 is 0 Å². The fraction of sp³-hybridized carbons (Fsp3) is 0.769. The fourth-order valence-electron chi connectivity index (χ4n) is 1.67. The third-order valence-corrected chi connectivity index (χ3v) is 2.96. The molecule has 1 aromatic rings. The average Bonchev–Trinajstić information content (AvgIpc) is 2.69. The third kappa shape index (κ3) is 3.99. The van der Waals surface area contributed by atoms with E-state index in [0.29, 0.717) is 13.2 Å². The van der Waals surface area contributed by atoms with E-state index >= 15 is 0 Å². The lowest BCUT2D eigenvalue weighted by Crippen LogP contribution is -2.33. The van der Waals surface area contributed by atoms with Crippen LogP contribution in [-0.4, -0.2) is 42.5 Å². The smallest absolute Gasteiger partial charge is 0.203 e. The first kappa shape index (κ1) is 15.0. The molecule has 0 aliphatic heterocycles. The lowest BCUT2D eigenvalue weighted by atomic mass is 10.1. The van der Waals surface area contributed by atoms with Gasteiger partial charge in [-0.3, -0.25) is 0 Å². The molecule has 1 aromatic heterocycles. The Balaban J connectivity index is 2.76. The maximum Gasteiger partial charge on any atom is 0.203 e. The topological polar surface area (TPSA) is 48.3 Å². The number of aryl methyl sites for hydroxylation is 1. The zero-order chi connectivity index (χ0) is 13.8. The molecule has 104 valence electrons. The van der Waals surface area contributed by atoms with Crippen LogP contribution < -0.4 is 5.32 Å². The molecule has 1 heterocycles. The minimum Gasteiger partial charge on any atom is -0.383 e. The molecule has 0 bridgehead atoms. The van der Waals surface area contributed by atoms with Crippen molar-refractivity contribution in [1.29, 1.82) is 0 Å². The number of hydrogen-bond donors (Lipinski definition) is 1. The SMILES string of the molecule is COCC(C)n1cc(C)nc1NCC(C)(C)OC. The molecule has 18 heavy (non-hydrogen) atoms. The molecular weight excluding hydrogens is 230 g/mol. The highest BCUT2D eigenvalue weighted by molar-refractivity contribution is 5.30. The highest BCUT2D eigenvalue weighted by Gasteiger charge is 2.18. The van der Waals surface area contributed by atoms with Gasteiger partial charge in [-0.2, -0.15) is 0 Å². The van der Waals surface area contributed by atoms with Crippen molar-refractivity contribution in [2.75, 3.05) is 32.7 Å². The van der Waals surface area contributed by atoms with E-state index in [2.05, 4.69) is 21.8 Å². The van der Waals surface area contributed by atoms with Gasteiger partial charge < -0.3 is 19.4 Å². The van der Waals surface area contributed by atoms with Crippen molar-refractivity contribution >= 4 is 5.95 Å². The van der Waals surface area contributed by atoms with Crippen molar-refractivity contribution < 1.29 is 9.47 Å². The Hall–Kier alpha value is -1.07. The quantitative estimate of drug-likeness (QED) is 0.811. The average molecular weight is 255 g/mol. The van der Waals surface area contributed by atoms with Gasteiger partial charge in [0.25, 0.3) is 0 Å². The Kier molecular flexibility index (Phi) is 5.16. The van der Waals surface area contributed by atoms with E-state index in [0.717, 1.165) is 11.6 Å². The molecule has 0 aliphatic carbocycles. The van der Waals surface area contributed by atoms with Gasteiger partial charge in [0.2, 0.25) is 5.95 Å². The zero-order valence-corrected chi connectivity index (χ0v) is 12.3. The summed E-state index contributed by atoms with van der Waals surface area (Å²) in [6.45, 7) is 9.55. The van der Waals surface area contributed by atoms with E-state index in [1.165, 1.54) is 0 Å². The van der Waals surface area contributed by atoms with Gasteiger partial charge in [-0.15, -0.1) is 0 Å². The number of ether oxygens (including phenoxy) is 2. The number of aromatic nitrogens is 2. The van der Waals surface area contributed by atoms with E-state index in [1.807, 2.05) is 27.0 Å². The van der Waals surface area contributed by atoms with Crippen LogP contribution >= 0.6 is 0 Å². The summed E-state index contributed by atoms with van der Waals surface area (Å²) in [7, 11) is 3.42. The Morgan fingerprint density at radius 1 is 1.44 bits per heavy atom. The maximum atomic E-state index is 5.39. The Labute approximate surface area is 109 Å². The molecule has 0 spiro atoms. The second-order valence-electron chi connectivity index (χ2n) is 5.23. The summed E-state index contributed by atoms with van der Waals surface area (Å²) in [5.74, 6) is 0.863. The fourth-order valence-corrected chi connectivity index (χ4v) is 1.67. The number of rotatable bonds is 7. The number of nitrogens with one attached hydrogen (secondary N) is 1. The van der Waals surface area contributed by atoms with E-state index in [4.69, 9.17) is 9.47 Å². The van der Waals surface area contributed by atoms with E-state index in [-0.39, 0.29) is 11.6 Å². The maximum absolute atomic E-state index is 5.39. The van der Waals surface area contributed by atoms with Gasteiger partial charge in [0.1, 0.15) is 0 Å². The van der Waals surface area contributed by atoms with Crippen LogP contribution in [0, 0.1) is 6.92 Å². The molecule has 1 rings (SSSR count). The van der Waals surface area contributed by atoms with Crippen molar-refractivity contribution in [3.63, 3.8) is 0 Å². The second-order valence-corrected chi connectivity index (χ2v) is 5.23. The first-order valence-corrected chi connectivity index (χ1v) is 6.23. The molecule has 0 aromatic carbocycles. The number of methoxy groups -OCH3 is 2. The molecule has 5 nitrogen and oxygen atoms in total. The molecule has 5 heteroatoms. The van der Waals surface area contributed by atoms with Crippen LogP contribution in [0.25, 0.3) is 0 Å². The van der Waals surface area contributed by atoms with Gasteiger partial charge in [0.05, 0.1) is 23.9 Å². The lowest BCUT2D eigenvalue weighted by Gasteiger charge is -2.24. The Bertz CT molecular complexity index is 374. The predicted molar refractivity (Wildman–Crippen MR) is 73.1 cm³/mol. The highest BCUT2D eigenvalue weighted by atomic mass is 16.5. The Morgan fingerprint density at radius 3 is 2.67 bits per heavy atom. The van der Waals surface area contributed by atoms with Gasteiger partial charge in [-0.05, 0) is 27.7 Å². The van der Waals surface area contributed by atoms with Crippen molar-refractivity contribution in [2.45, 2.75) is 39.3 Å². The van der Waals surface area contributed by atoms with Crippen molar-refractivity contribution in [2.24, 2.45) is 0 Å². The van der Waals surface area contributed by atoms with Crippen molar-refractivity contribution in [3.05, 3.63) is 11.9 Å². The minimum atomic E-state index is -0.213. The highest BCUT2D eigenvalue weighted by Crippen LogP contribution is 2.17. The molecule has 1 atom stereocenters. The van der Waals surface area contributed by atoms with Crippen LogP contribution in [0.2, 0.25) is 0 Å². The molecule has 0 saturated heterocycles. The van der Waals surface area contributed by atoms with Gasteiger partial charge in [0, 0.05) is 27.0 Å². The first-order chi connectivity index (χ1) is 8.39. The zero-order valence-electron chi connectivity index (χ0n) is 12.3. The van der Waals surface area contributed by atoms with Gasteiger partial charge in [0.15, 0.2) is 0 Å². The van der Waals surface area contributed by atoms with Crippen molar-refractivity contribution in [3.8, 4) is 0 Å². The van der Waals surface area contributed by atoms with Crippen LogP contribution in [0.3, 0.4) is 0 Å². The molecule has 0 fully saturated rings. The normalized spacial score (nSPS) is 13.7. The summed E-state index contributed by atoms with van der Waals surface area (Å²) in [5.41, 5.74) is 0.783. The predicted octanol–water partition coefficient (Wildman–Crippen LogP) is 2.24. The lowest BCUT2D eigenvalue weighted by molar-refractivity contribution is 0.0341. The first-order valence-electron chi connectivity index (χ1n) is 6.23. The van der Waals surface area contributed by atoms with Crippen LogP contribution in [-0.2, 0) is 9.47 Å². The molecule has 1 unspecified atom stereocenters. The number of nitrogens with zero attached hydrogens (tertiary/aromatic N) is 2. The van der Waals surface area contributed by atoms with Crippen LogP contribution in [0.5, 0.6) is 0 Å². The minimum absolute atomic E-state index is 0.213. The van der Waals surface area contributed by atoms with Crippen molar-refractivity contribution in [1.82, 2.24) is 9.55 Å². The van der Waals surface area contributed by atoms with Crippen LogP contribution in [0.4, 0.5) is 5.95 Å². The number of anilines is 1. The Morgan fingerprint density at radius 2 is 2.11 bits per heavy atom. The molecular formula is C13H25N3O2. The molecule has 0 amide bonds. The molecule has 1 N–H and O–H groups in total. The molecule has 0 aliphatic rings. The van der Waals surface area contributed by atoms with Gasteiger partial charge in [-0.25, -0.2) is 4.98 Å². The number of imidazole rings is 1. The van der Waals surface area contributed by atoms with Crippen LogP contribution in [0.1, 0.15) is 32.5 Å². The molecule has 0 saturated carbocycles. The monoisotopic (exact) mass is 255 g/mol. The second kappa shape index (κ2) is 6.20. The summed E-state index contributed by atoms with van der Waals surface area (Å²) in [5, 5.41) is 3.34. The van der Waals surface area contributed by atoms with E-state index in [1.54, 1.807) is 14.2 Å². The summed E-state index contributed by atoms with van der Waals surface area (Å²) < 4.78 is 12.7. The van der Waals surface area contributed by atoms with E-state index in [9.17, 15) is 0 Å². The standard InChI is InChI=1S/C13H25N3O2/c1-10-7-16(11(2)8-17-5)12(15-10)14-9-13(3,4)18-6/h7,11H,8-9H2,1-6H3,(H,14,15). The van der Waals surface area contributed by atoms with Crippen LogP contribution in [0.15, 0.2) is 6.20 Å². The van der Waals surface area contributed by atoms with Gasteiger partial charge in [-0.1, -0.05) is 0 Å². The number of hydrogen-bond acceptors (Lipinski definition) is 4. The summed E-state index contributed by atoms with van der Waals surface area (Å²) >= 11 is 0. The van der Waals surface area contributed by atoms with Gasteiger partial charge >= 0.3 is 0 Å². The third-order valence-electron chi connectivity index (χ3n) is 2.96. The molecule has 0 radical (unpaired) electrons.